The summed E-state index contributed by atoms with van der Waals surface area (Å²) < 4.78 is 14.1. The van der Waals surface area contributed by atoms with E-state index >= 15 is 0 Å². The van der Waals surface area contributed by atoms with Crippen LogP contribution in [-0.2, 0) is 0 Å². The van der Waals surface area contributed by atoms with Gasteiger partial charge in [0.15, 0.2) is 0 Å². The van der Waals surface area contributed by atoms with E-state index in [1.165, 1.54) is 0 Å². The van der Waals surface area contributed by atoms with Crippen LogP contribution in [0.15, 0.2) is 24.3 Å². The van der Waals surface area contributed by atoms with Crippen LogP contribution >= 0.6 is 0 Å². The zero-order chi connectivity index (χ0) is 15.2. The van der Waals surface area contributed by atoms with Crippen molar-refractivity contribution in [3.8, 4) is 0 Å². The van der Waals surface area contributed by atoms with Gasteiger partial charge >= 0.3 is 0 Å². The Morgan fingerprint density at radius 2 is 1.90 bits per heavy atom. The van der Waals surface area contributed by atoms with E-state index in [1.54, 1.807) is 12.1 Å². The number of benzene rings is 1. The third-order valence-electron chi connectivity index (χ3n) is 3.79. The van der Waals surface area contributed by atoms with Crippen LogP contribution in [0.2, 0.25) is 0 Å². The number of nitrogens with two attached hydrogens (primary N) is 1. The molecular formula is C17H29FN2. The van der Waals surface area contributed by atoms with Crippen LogP contribution in [0.5, 0.6) is 0 Å². The maximum atomic E-state index is 14.1. The van der Waals surface area contributed by atoms with E-state index in [4.69, 9.17) is 5.73 Å². The molecule has 0 fully saturated rings. The highest BCUT2D eigenvalue weighted by Crippen LogP contribution is 2.29. The Morgan fingerprint density at radius 3 is 2.40 bits per heavy atom. The van der Waals surface area contributed by atoms with Gasteiger partial charge in [0.2, 0.25) is 0 Å². The first-order valence-electron chi connectivity index (χ1n) is 7.63. The van der Waals surface area contributed by atoms with Gasteiger partial charge in [-0.05, 0) is 37.4 Å². The van der Waals surface area contributed by atoms with E-state index in [1.807, 2.05) is 12.1 Å². The van der Waals surface area contributed by atoms with E-state index in [0.717, 1.165) is 31.5 Å². The van der Waals surface area contributed by atoms with Crippen LogP contribution < -0.4 is 5.73 Å². The lowest BCUT2D eigenvalue weighted by molar-refractivity contribution is 0.126. The molecule has 0 spiro atoms. The first kappa shape index (κ1) is 17.1. The largest absolute Gasteiger partial charge is 0.330 e. The van der Waals surface area contributed by atoms with Gasteiger partial charge in [-0.25, -0.2) is 4.39 Å². The van der Waals surface area contributed by atoms with E-state index in [0.29, 0.717) is 6.54 Å². The lowest BCUT2D eigenvalue weighted by atomic mass is 9.91. The highest BCUT2D eigenvalue weighted by molar-refractivity contribution is 5.21. The molecule has 1 unspecified atom stereocenters. The van der Waals surface area contributed by atoms with Gasteiger partial charge in [0.25, 0.3) is 0 Å². The molecule has 114 valence electrons. The Bertz CT molecular complexity index is 404. The average molecular weight is 280 g/mol. The second kappa shape index (κ2) is 7.75. The molecule has 0 heterocycles. The minimum atomic E-state index is -0.106. The number of hydrogen-bond acceptors (Lipinski definition) is 2. The SMILES string of the molecule is CCCN(CC(C)(C)CN)C(CC)c1ccccc1F. The molecule has 20 heavy (non-hydrogen) atoms. The molecular weight excluding hydrogens is 251 g/mol. The molecule has 0 aromatic heterocycles. The number of hydrogen-bond donors (Lipinski definition) is 1. The van der Waals surface area contributed by atoms with Gasteiger partial charge in [0, 0.05) is 18.2 Å². The highest BCUT2D eigenvalue weighted by Gasteiger charge is 2.26. The fraction of sp³-hybridized carbons (Fsp3) is 0.647. The molecule has 0 bridgehead atoms. The lowest BCUT2D eigenvalue weighted by Crippen LogP contribution is -2.41. The second-order valence-corrected chi connectivity index (χ2v) is 6.28. The minimum absolute atomic E-state index is 0.0495. The Balaban J connectivity index is 3.00. The van der Waals surface area contributed by atoms with Gasteiger partial charge in [-0.2, -0.15) is 0 Å². The summed E-state index contributed by atoms with van der Waals surface area (Å²) in [6.07, 6.45) is 1.97. The molecule has 2 N–H and O–H groups in total. The van der Waals surface area contributed by atoms with Crippen molar-refractivity contribution in [1.29, 1.82) is 0 Å². The van der Waals surface area contributed by atoms with Crippen molar-refractivity contribution < 1.29 is 4.39 Å². The number of rotatable bonds is 8. The lowest BCUT2D eigenvalue weighted by Gasteiger charge is -2.37. The van der Waals surface area contributed by atoms with Crippen molar-refractivity contribution in [3.63, 3.8) is 0 Å². The van der Waals surface area contributed by atoms with Crippen molar-refractivity contribution in [1.82, 2.24) is 4.90 Å². The Kier molecular flexibility index (Phi) is 6.63. The topological polar surface area (TPSA) is 29.3 Å². The number of nitrogens with zero attached hydrogens (tertiary/aromatic N) is 1. The van der Waals surface area contributed by atoms with Crippen molar-refractivity contribution in [2.75, 3.05) is 19.6 Å². The Labute approximate surface area is 123 Å². The molecule has 0 aliphatic heterocycles. The van der Waals surface area contributed by atoms with Gasteiger partial charge in [0.05, 0.1) is 0 Å². The second-order valence-electron chi connectivity index (χ2n) is 6.28. The molecule has 0 amide bonds. The molecule has 1 aromatic rings. The summed E-state index contributed by atoms with van der Waals surface area (Å²) >= 11 is 0. The summed E-state index contributed by atoms with van der Waals surface area (Å²) in [7, 11) is 0. The molecule has 1 aromatic carbocycles. The molecule has 0 aliphatic rings. The smallest absolute Gasteiger partial charge is 0.127 e. The molecule has 1 rings (SSSR count). The van der Waals surface area contributed by atoms with Crippen LogP contribution in [-0.4, -0.2) is 24.5 Å². The fourth-order valence-electron chi connectivity index (χ4n) is 2.67. The Morgan fingerprint density at radius 1 is 1.25 bits per heavy atom. The van der Waals surface area contributed by atoms with E-state index in [9.17, 15) is 4.39 Å². The van der Waals surface area contributed by atoms with Gasteiger partial charge < -0.3 is 5.73 Å². The zero-order valence-corrected chi connectivity index (χ0v) is 13.3. The van der Waals surface area contributed by atoms with Crippen LogP contribution in [0.3, 0.4) is 0 Å². The first-order valence-corrected chi connectivity index (χ1v) is 7.63. The number of halogens is 1. The van der Waals surface area contributed by atoms with Gasteiger partial charge in [-0.15, -0.1) is 0 Å². The summed E-state index contributed by atoms with van der Waals surface area (Å²) in [6.45, 7) is 11.1. The first-order chi connectivity index (χ1) is 9.45. The van der Waals surface area contributed by atoms with Crippen molar-refractivity contribution >= 4 is 0 Å². The van der Waals surface area contributed by atoms with Crippen LogP contribution in [0, 0.1) is 11.2 Å². The predicted octanol–water partition coefficient (Wildman–Crippen LogP) is 3.97. The summed E-state index contributed by atoms with van der Waals surface area (Å²) in [5.41, 5.74) is 6.71. The van der Waals surface area contributed by atoms with Gasteiger partial charge in [0.1, 0.15) is 5.82 Å². The van der Waals surface area contributed by atoms with E-state index < -0.39 is 0 Å². The Hall–Kier alpha value is -0.930. The molecule has 0 saturated heterocycles. The maximum Gasteiger partial charge on any atom is 0.127 e. The average Bonchev–Trinajstić information content (AvgIpc) is 2.41. The van der Waals surface area contributed by atoms with Gasteiger partial charge in [-0.1, -0.05) is 45.9 Å². The maximum absolute atomic E-state index is 14.1. The molecule has 0 aliphatic carbocycles. The highest BCUT2D eigenvalue weighted by atomic mass is 19.1. The summed E-state index contributed by atoms with van der Waals surface area (Å²) in [4.78, 5) is 2.38. The third kappa shape index (κ3) is 4.57. The molecule has 0 saturated carbocycles. The van der Waals surface area contributed by atoms with Crippen LogP contribution in [0.25, 0.3) is 0 Å². The predicted molar refractivity (Wildman–Crippen MR) is 84.1 cm³/mol. The van der Waals surface area contributed by atoms with E-state index in [-0.39, 0.29) is 17.3 Å². The summed E-state index contributed by atoms with van der Waals surface area (Å²) in [5, 5.41) is 0. The third-order valence-corrected chi connectivity index (χ3v) is 3.79. The zero-order valence-electron chi connectivity index (χ0n) is 13.3. The summed E-state index contributed by atoms with van der Waals surface area (Å²) in [6, 6.07) is 7.25. The fourth-order valence-corrected chi connectivity index (χ4v) is 2.67. The molecule has 0 radical (unpaired) electrons. The normalized spacial score (nSPS) is 13.8. The molecule has 1 atom stereocenters. The monoisotopic (exact) mass is 280 g/mol. The molecule has 3 heteroatoms. The quantitative estimate of drug-likeness (QED) is 0.780. The minimum Gasteiger partial charge on any atom is -0.330 e. The standard InChI is InChI=1S/C17H29FN2/c1-5-11-20(13-17(3,4)12-19)16(6-2)14-9-7-8-10-15(14)18/h7-10,16H,5-6,11-13,19H2,1-4H3. The van der Waals surface area contributed by atoms with Crippen LogP contribution in [0.4, 0.5) is 4.39 Å². The van der Waals surface area contributed by atoms with E-state index in [2.05, 4.69) is 32.6 Å². The molecule has 2 nitrogen and oxygen atoms in total. The van der Waals surface area contributed by atoms with Crippen molar-refractivity contribution in [3.05, 3.63) is 35.6 Å². The van der Waals surface area contributed by atoms with Crippen molar-refractivity contribution in [2.45, 2.75) is 46.6 Å². The summed E-state index contributed by atoms with van der Waals surface area (Å²) in [5.74, 6) is -0.106. The van der Waals surface area contributed by atoms with Crippen LogP contribution in [0.1, 0.15) is 52.1 Å². The van der Waals surface area contributed by atoms with Gasteiger partial charge in [-0.3, -0.25) is 4.90 Å². The van der Waals surface area contributed by atoms with Crippen molar-refractivity contribution in [2.24, 2.45) is 11.1 Å².